The van der Waals surface area contributed by atoms with Crippen molar-refractivity contribution in [1.29, 1.82) is 0 Å². The van der Waals surface area contributed by atoms with Gasteiger partial charge in [-0.15, -0.1) is 0 Å². The molecule has 0 aromatic heterocycles. The van der Waals surface area contributed by atoms with Crippen molar-refractivity contribution < 1.29 is 9.84 Å². The number of hydrogen-bond donors (Lipinski definition) is 1. The first-order valence-electron chi connectivity index (χ1n) is 4.10. The van der Waals surface area contributed by atoms with Crippen LogP contribution in [0.25, 0.3) is 0 Å². The topological polar surface area (TPSA) is 29.5 Å². The van der Waals surface area contributed by atoms with Gasteiger partial charge >= 0.3 is 0 Å². The third kappa shape index (κ3) is 2.55. The van der Waals surface area contributed by atoms with Crippen LogP contribution in [0.15, 0.2) is 24.3 Å². The van der Waals surface area contributed by atoms with Crippen molar-refractivity contribution in [3.63, 3.8) is 0 Å². The van der Waals surface area contributed by atoms with Crippen LogP contribution in [-0.4, -0.2) is 18.8 Å². The fraction of sp³-hybridized carbons (Fsp3) is 0.400. The molecule has 0 bridgehead atoms. The number of aryl methyl sites for hydroxylation is 1. The van der Waals surface area contributed by atoms with Gasteiger partial charge in [-0.2, -0.15) is 0 Å². The Morgan fingerprint density at radius 1 is 1.33 bits per heavy atom. The highest BCUT2D eigenvalue weighted by molar-refractivity contribution is 5.31. The van der Waals surface area contributed by atoms with Gasteiger partial charge in [0.1, 0.15) is 5.75 Å². The van der Waals surface area contributed by atoms with Crippen LogP contribution in [-0.2, 0) is 11.2 Å². The molecule has 0 saturated heterocycles. The summed E-state index contributed by atoms with van der Waals surface area (Å²) in [5.74, 6) is 0.383. The number of aromatic hydroxyl groups is 1. The minimum absolute atomic E-state index is 0.383. The van der Waals surface area contributed by atoms with E-state index in [9.17, 15) is 5.11 Å². The molecule has 0 radical (unpaired) electrons. The molecular formula is C10H14O2. The Hall–Kier alpha value is -1.02. The van der Waals surface area contributed by atoms with Gasteiger partial charge in [0, 0.05) is 13.7 Å². The van der Waals surface area contributed by atoms with Crippen molar-refractivity contribution in [1.82, 2.24) is 0 Å². The number of methoxy groups -OCH3 is 1. The number of ether oxygens (including phenoxy) is 1. The van der Waals surface area contributed by atoms with Crippen molar-refractivity contribution in [2.24, 2.45) is 0 Å². The Morgan fingerprint density at radius 3 is 2.75 bits per heavy atom. The smallest absolute Gasteiger partial charge is 0.118 e. The minimum atomic E-state index is 0.383. The summed E-state index contributed by atoms with van der Waals surface area (Å²) in [7, 11) is 1.69. The highest BCUT2D eigenvalue weighted by Crippen LogP contribution is 2.16. The van der Waals surface area contributed by atoms with E-state index >= 15 is 0 Å². The Morgan fingerprint density at radius 2 is 2.08 bits per heavy atom. The summed E-state index contributed by atoms with van der Waals surface area (Å²) in [6.07, 6.45) is 1.83. The normalized spacial score (nSPS) is 10.1. The number of rotatable bonds is 4. The molecule has 0 heterocycles. The first-order valence-corrected chi connectivity index (χ1v) is 4.10. The Labute approximate surface area is 72.8 Å². The lowest BCUT2D eigenvalue weighted by Crippen LogP contribution is -1.92. The fourth-order valence-electron chi connectivity index (χ4n) is 1.13. The van der Waals surface area contributed by atoms with Gasteiger partial charge in [0.25, 0.3) is 0 Å². The van der Waals surface area contributed by atoms with E-state index in [-0.39, 0.29) is 0 Å². The summed E-state index contributed by atoms with van der Waals surface area (Å²) in [6.45, 7) is 0.744. The highest BCUT2D eigenvalue weighted by Gasteiger charge is 1.97. The molecule has 0 unspecified atom stereocenters. The molecule has 0 saturated carbocycles. The molecule has 1 aromatic rings. The summed E-state index contributed by atoms with van der Waals surface area (Å²) in [6, 6.07) is 7.41. The van der Waals surface area contributed by atoms with E-state index in [0.717, 1.165) is 25.0 Å². The first kappa shape index (κ1) is 9.07. The van der Waals surface area contributed by atoms with Gasteiger partial charge in [-0.05, 0) is 24.5 Å². The first-order chi connectivity index (χ1) is 5.84. The van der Waals surface area contributed by atoms with Crippen LogP contribution in [0.4, 0.5) is 0 Å². The molecule has 12 heavy (non-hydrogen) atoms. The van der Waals surface area contributed by atoms with Gasteiger partial charge in [0.2, 0.25) is 0 Å². The average Bonchev–Trinajstić information content (AvgIpc) is 2.09. The molecule has 0 spiro atoms. The zero-order chi connectivity index (χ0) is 8.81. The number of phenolic OH excluding ortho intramolecular Hbond substituents is 1. The van der Waals surface area contributed by atoms with Crippen LogP contribution in [0.2, 0.25) is 0 Å². The molecule has 0 atom stereocenters. The second-order valence-electron chi connectivity index (χ2n) is 2.73. The molecule has 2 heteroatoms. The van der Waals surface area contributed by atoms with E-state index in [0.29, 0.717) is 5.75 Å². The summed E-state index contributed by atoms with van der Waals surface area (Å²) < 4.78 is 4.92. The average molecular weight is 166 g/mol. The molecule has 0 fully saturated rings. The minimum Gasteiger partial charge on any atom is -0.508 e. The van der Waals surface area contributed by atoms with Gasteiger partial charge in [-0.3, -0.25) is 0 Å². The van der Waals surface area contributed by atoms with Crippen LogP contribution < -0.4 is 0 Å². The fourth-order valence-corrected chi connectivity index (χ4v) is 1.13. The van der Waals surface area contributed by atoms with Crippen molar-refractivity contribution in [2.45, 2.75) is 12.8 Å². The standard InChI is InChI=1S/C10H14O2/c1-12-8-4-6-9-5-2-3-7-10(9)11/h2-3,5,7,11H,4,6,8H2,1H3. The summed E-state index contributed by atoms with van der Waals surface area (Å²) in [5, 5.41) is 9.37. The summed E-state index contributed by atoms with van der Waals surface area (Å²) in [4.78, 5) is 0. The third-order valence-electron chi connectivity index (χ3n) is 1.79. The van der Waals surface area contributed by atoms with Crippen molar-refractivity contribution >= 4 is 0 Å². The molecular weight excluding hydrogens is 152 g/mol. The van der Waals surface area contributed by atoms with Crippen LogP contribution >= 0.6 is 0 Å². The Kier molecular flexibility index (Phi) is 3.61. The molecule has 0 aliphatic rings. The predicted molar refractivity (Wildman–Crippen MR) is 48.3 cm³/mol. The molecule has 0 aliphatic heterocycles. The zero-order valence-corrected chi connectivity index (χ0v) is 7.29. The van der Waals surface area contributed by atoms with Crippen LogP contribution in [0.1, 0.15) is 12.0 Å². The van der Waals surface area contributed by atoms with E-state index in [1.54, 1.807) is 13.2 Å². The van der Waals surface area contributed by atoms with E-state index in [1.165, 1.54) is 0 Å². The molecule has 0 amide bonds. The molecule has 66 valence electrons. The molecule has 2 nitrogen and oxygen atoms in total. The van der Waals surface area contributed by atoms with E-state index in [2.05, 4.69) is 0 Å². The second-order valence-corrected chi connectivity index (χ2v) is 2.73. The number of phenols is 1. The molecule has 1 N–H and O–H groups in total. The number of benzene rings is 1. The quantitative estimate of drug-likeness (QED) is 0.693. The predicted octanol–water partition coefficient (Wildman–Crippen LogP) is 1.97. The molecule has 1 rings (SSSR count). The van der Waals surface area contributed by atoms with Crippen molar-refractivity contribution in [3.05, 3.63) is 29.8 Å². The van der Waals surface area contributed by atoms with E-state index in [1.807, 2.05) is 18.2 Å². The summed E-state index contributed by atoms with van der Waals surface area (Å²) in [5.41, 5.74) is 0.995. The maximum Gasteiger partial charge on any atom is 0.118 e. The largest absolute Gasteiger partial charge is 0.508 e. The monoisotopic (exact) mass is 166 g/mol. The summed E-state index contributed by atoms with van der Waals surface area (Å²) >= 11 is 0. The SMILES string of the molecule is COCCCc1ccccc1O. The van der Waals surface area contributed by atoms with Crippen molar-refractivity contribution in [3.8, 4) is 5.75 Å². The lowest BCUT2D eigenvalue weighted by molar-refractivity contribution is 0.195. The van der Waals surface area contributed by atoms with Gasteiger partial charge in [-0.25, -0.2) is 0 Å². The second kappa shape index (κ2) is 4.78. The maximum absolute atomic E-state index is 9.37. The number of para-hydroxylation sites is 1. The zero-order valence-electron chi connectivity index (χ0n) is 7.29. The molecule has 0 aliphatic carbocycles. The van der Waals surface area contributed by atoms with E-state index < -0.39 is 0 Å². The van der Waals surface area contributed by atoms with Gasteiger partial charge in [0.05, 0.1) is 0 Å². The van der Waals surface area contributed by atoms with Crippen LogP contribution in [0.5, 0.6) is 5.75 Å². The third-order valence-corrected chi connectivity index (χ3v) is 1.79. The Bertz CT molecular complexity index is 233. The number of hydrogen-bond acceptors (Lipinski definition) is 2. The van der Waals surface area contributed by atoms with Gasteiger partial charge < -0.3 is 9.84 Å². The molecule has 1 aromatic carbocycles. The van der Waals surface area contributed by atoms with Gasteiger partial charge in [0.15, 0.2) is 0 Å². The van der Waals surface area contributed by atoms with Crippen LogP contribution in [0.3, 0.4) is 0 Å². The highest BCUT2D eigenvalue weighted by atomic mass is 16.5. The lowest BCUT2D eigenvalue weighted by atomic mass is 10.1. The lowest BCUT2D eigenvalue weighted by Gasteiger charge is -2.02. The Balaban J connectivity index is 2.46. The van der Waals surface area contributed by atoms with Gasteiger partial charge in [-0.1, -0.05) is 18.2 Å². The van der Waals surface area contributed by atoms with E-state index in [4.69, 9.17) is 4.74 Å². The maximum atomic E-state index is 9.37. The van der Waals surface area contributed by atoms with Crippen LogP contribution in [0, 0.1) is 0 Å². The van der Waals surface area contributed by atoms with Crippen molar-refractivity contribution in [2.75, 3.05) is 13.7 Å².